The number of hydrogen-bond acceptors (Lipinski definition) is 2. The Morgan fingerprint density at radius 3 is 1.25 bits per heavy atom. The molecule has 0 fully saturated rings. The first-order chi connectivity index (χ1) is 7.74. The summed E-state index contributed by atoms with van der Waals surface area (Å²) in [6.45, 7) is 0. The first-order valence-electron chi connectivity index (χ1n) is 5.85. The molecule has 1 aromatic rings. The average Bonchev–Trinajstić information content (AvgIpc) is 2.31. The van der Waals surface area contributed by atoms with Crippen LogP contribution in [-0.2, 0) is 22.4 Å². The van der Waals surface area contributed by atoms with Gasteiger partial charge in [-0.1, -0.05) is 24.3 Å². The van der Waals surface area contributed by atoms with E-state index in [1.54, 1.807) is 0 Å². The summed E-state index contributed by atoms with van der Waals surface area (Å²) >= 11 is 0. The number of benzene rings is 1. The highest BCUT2D eigenvalue weighted by Crippen LogP contribution is 2.12. The minimum absolute atomic E-state index is 0.206. The van der Waals surface area contributed by atoms with E-state index in [1.807, 2.05) is 0 Å². The normalized spacial score (nSPS) is 18.0. The van der Waals surface area contributed by atoms with Crippen molar-refractivity contribution in [2.75, 3.05) is 0 Å². The van der Waals surface area contributed by atoms with Crippen LogP contribution in [-0.4, -0.2) is 11.6 Å². The van der Waals surface area contributed by atoms with Crippen molar-refractivity contribution in [3.63, 3.8) is 0 Å². The van der Waals surface area contributed by atoms with Crippen LogP contribution >= 0.6 is 0 Å². The SMILES string of the molecule is O=C1CCC(=O)CCc2ccc(cc2)CC1. The number of rotatable bonds is 0. The van der Waals surface area contributed by atoms with Crippen molar-refractivity contribution >= 4 is 11.6 Å². The Morgan fingerprint density at radius 2 is 0.875 bits per heavy atom. The molecule has 0 spiro atoms. The van der Waals surface area contributed by atoms with E-state index in [1.165, 1.54) is 11.1 Å². The molecule has 1 aromatic carbocycles. The van der Waals surface area contributed by atoms with Crippen LogP contribution in [0, 0.1) is 0 Å². The molecule has 2 bridgehead atoms. The maximum absolute atomic E-state index is 11.5. The van der Waals surface area contributed by atoms with Crippen molar-refractivity contribution in [2.45, 2.75) is 38.5 Å². The highest BCUT2D eigenvalue weighted by molar-refractivity contribution is 5.86. The van der Waals surface area contributed by atoms with Crippen molar-refractivity contribution in [1.29, 1.82) is 0 Å². The van der Waals surface area contributed by atoms with Crippen LogP contribution in [0.3, 0.4) is 0 Å². The first kappa shape index (κ1) is 11.1. The molecule has 0 atom stereocenters. The average molecular weight is 216 g/mol. The molecule has 0 aliphatic heterocycles. The van der Waals surface area contributed by atoms with Gasteiger partial charge in [-0.05, 0) is 24.0 Å². The molecule has 2 heteroatoms. The van der Waals surface area contributed by atoms with E-state index in [9.17, 15) is 9.59 Å². The van der Waals surface area contributed by atoms with Crippen molar-refractivity contribution in [1.82, 2.24) is 0 Å². The van der Waals surface area contributed by atoms with E-state index in [4.69, 9.17) is 0 Å². The summed E-state index contributed by atoms with van der Waals surface area (Å²) in [4.78, 5) is 23.0. The minimum Gasteiger partial charge on any atom is -0.300 e. The summed E-state index contributed by atoms with van der Waals surface area (Å²) < 4.78 is 0. The van der Waals surface area contributed by atoms with Gasteiger partial charge in [-0.15, -0.1) is 0 Å². The van der Waals surface area contributed by atoms with Gasteiger partial charge < -0.3 is 0 Å². The van der Waals surface area contributed by atoms with Crippen LogP contribution in [0.25, 0.3) is 0 Å². The lowest BCUT2D eigenvalue weighted by atomic mass is 9.98. The monoisotopic (exact) mass is 216 g/mol. The van der Waals surface area contributed by atoms with Crippen molar-refractivity contribution in [2.24, 2.45) is 0 Å². The Balaban J connectivity index is 2.15. The lowest BCUT2D eigenvalue weighted by Crippen LogP contribution is -2.07. The van der Waals surface area contributed by atoms with Crippen LogP contribution in [0.4, 0.5) is 0 Å². The lowest BCUT2D eigenvalue weighted by molar-refractivity contribution is -0.124. The smallest absolute Gasteiger partial charge is 0.133 e. The van der Waals surface area contributed by atoms with Crippen molar-refractivity contribution in [3.05, 3.63) is 35.4 Å². The minimum atomic E-state index is 0.206. The molecule has 0 unspecified atom stereocenters. The Bertz CT molecular complexity index is 351. The Hall–Kier alpha value is -1.44. The molecule has 0 saturated carbocycles. The highest BCUT2D eigenvalue weighted by Gasteiger charge is 2.09. The predicted molar refractivity (Wildman–Crippen MR) is 62.3 cm³/mol. The first-order valence-corrected chi connectivity index (χ1v) is 5.85. The summed E-state index contributed by atoms with van der Waals surface area (Å²) in [6.07, 6.45) is 3.57. The molecule has 2 nitrogen and oxygen atoms in total. The van der Waals surface area contributed by atoms with Crippen LogP contribution < -0.4 is 0 Å². The maximum Gasteiger partial charge on any atom is 0.133 e. The fourth-order valence-electron chi connectivity index (χ4n) is 1.97. The molecule has 3 rings (SSSR count). The predicted octanol–water partition coefficient (Wildman–Crippen LogP) is 2.48. The number of ketones is 2. The molecule has 0 amide bonds. The van der Waals surface area contributed by atoms with E-state index in [-0.39, 0.29) is 11.6 Å². The number of carbonyl (C=O) groups excluding carboxylic acids is 2. The zero-order chi connectivity index (χ0) is 11.4. The molecule has 0 radical (unpaired) electrons. The Morgan fingerprint density at radius 1 is 0.562 bits per heavy atom. The third-order valence-electron chi connectivity index (χ3n) is 3.09. The second-order valence-electron chi connectivity index (χ2n) is 4.39. The van der Waals surface area contributed by atoms with Crippen LogP contribution in [0.15, 0.2) is 24.3 Å². The van der Waals surface area contributed by atoms with Crippen LogP contribution in [0.2, 0.25) is 0 Å². The second kappa shape index (κ2) is 5.06. The summed E-state index contributed by atoms with van der Waals surface area (Å²) in [5.41, 5.74) is 2.42. The number of hydrogen-bond donors (Lipinski definition) is 0. The molecular weight excluding hydrogens is 200 g/mol. The van der Waals surface area contributed by atoms with Crippen LogP contribution in [0.1, 0.15) is 36.8 Å². The van der Waals surface area contributed by atoms with Gasteiger partial charge in [-0.3, -0.25) is 9.59 Å². The Kier molecular flexibility index (Phi) is 3.50. The molecule has 0 N–H and O–H groups in total. The fraction of sp³-hybridized carbons (Fsp3) is 0.429. The number of Topliss-reactive ketones (excluding diaryl/α,β-unsaturated/α-hetero) is 2. The molecule has 84 valence electrons. The number of fused-ring (bicyclic) bond motifs is 9. The fourth-order valence-corrected chi connectivity index (χ4v) is 1.97. The molecule has 0 saturated heterocycles. The molecule has 2 aliphatic rings. The van der Waals surface area contributed by atoms with Gasteiger partial charge in [0.2, 0.25) is 0 Å². The number of aryl methyl sites for hydroxylation is 2. The third-order valence-corrected chi connectivity index (χ3v) is 3.09. The highest BCUT2D eigenvalue weighted by atomic mass is 16.1. The van der Waals surface area contributed by atoms with Gasteiger partial charge >= 0.3 is 0 Å². The van der Waals surface area contributed by atoms with E-state index < -0.39 is 0 Å². The Labute approximate surface area is 95.7 Å². The third kappa shape index (κ3) is 3.02. The summed E-state index contributed by atoms with van der Waals surface area (Å²) in [7, 11) is 0. The summed E-state index contributed by atoms with van der Waals surface area (Å²) in [5.74, 6) is 0.413. The maximum atomic E-state index is 11.5. The molecule has 2 aliphatic carbocycles. The van der Waals surface area contributed by atoms with Crippen LogP contribution in [0.5, 0.6) is 0 Å². The van der Waals surface area contributed by atoms with Gasteiger partial charge in [0.1, 0.15) is 11.6 Å². The van der Waals surface area contributed by atoms with Crippen molar-refractivity contribution in [3.8, 4) is 0 Å². The van der Waals surface area contributed by atoms with Gasteiger partial charge in [-0.2, -0.15) is 0 Å². The summed E-state index contributed by atoms with van der Waals surface area (Å²) in [6, 6.07) is 8.26. The number of carbonyl (C=O) groups is 2. The van der Waals surface area contributed by atoms with E-state index in [2.05, 4.69) is 24.3 Å². The molecule has 0 aromatic heterocycles. The zero-order valence-electron chi connectivity index (χ0n) is 9.37. The topological polar surface area (TPSA) is 34.1 Å². The lowest BCUT2D eigenvalue weighted by Gasteiger charge is -2.07. The standard InChI is InChI=1S/C14H16O2/c15-13-7-5-11-1-2-12(4-3-11)6-8-14(16)10-9-13/h1-4H,5-10H2. The van der Waals surface area contributed by atoms with Crippen molar-refractivity contribution < 1.29 is 9.59 Å². The summed E-state index contributed by atoms with van der Waals surface area (Å²) in [5, 5.41) is 0. The van der Waals surface area contributed by atoms with E-state index in [0.717, 1.165) is 12.8 Å². The quantitative estimate of drug-likeness (QED) is 0.667. The van der Waals surface area contributed by atoms with Gasteiger partial charge in [-0.25, -0.2) is 0 Å². The van der Waals surface area contributed by atoms with Gasteiger partial charge in [0.25, 0.3) is 0 Å². The second-order valence-corrected chi connectivity index (χ2v) is 4.39. The van der Waals surface area contributed by atoms with E-state index >= 15 is 0 Å². The molecular formula is C14H16O2. The van der Waals surface area contributed by atoms with Gasteiger partial charge in [0.15, 0.2) is 0 Å². The van der Waals surface area contributed by atoms with E-state index in [0.29, 0.717) is 25.7 Å². The van der Waals surface area contributed by atoms with Gasteiger partial charge in [0, 0.05) is 25.7 Å². The van der Waals surface area contributed by atoms with Gasteiger partial charge in [0.05, 0.1) is 0 Å². The largest absolute Gasteiger partial charge is 0.300 e. The molecule has 16 heavy (non-hydrogen) atoms. The zero-order valence-corrected chi connectivity index (χ0v) is 9.37. The molecule has 0 heterocycles.